The largest absolute Gasteiger partial charge is 0.325 e. The van der Waals surface area contributed by atoms with Crippen LogP contribution >= 0.6 is 11.8 Å². The fraction of sp³-hybridized carbons (Fsp3) is 0.150. The number of benzene rings is 2. The number of allylic oxidation sites excluding steroid dienone is 1. The van der Waals surface area contributed by atoms with Crippen molar-refractivity contribution >= 4 is 23.4 Å². The van der Waals surface area contributed by atoms with Gasteiger partial charge in [-0.2, -0.15) is 0 Å². The molecule has 0 spiro atoms. The van der Waals surface area contributed by atoms with E-state index in [1.54, 1.807) is 28.8 Å². The Morgan fingerprint density at radius 2 is 1.96 bits per heavy atom. The van der Waals surface area contributed by atoms with Crippen molar-refractivity contribution in [3.63, 3.8) is 0 Å². The summed E-state index contributed by atoms with van der Waals surface area (Å²) in [6.45, 7) is 6.09. The third-order valence-corrected chi connectivity index (χ3v) is 4.86. The molecular weight excluding hydrogens is 363 g/mol. The predicted molar refractivity (Wildman–Crippen MR) is 106 cm³/mol. The zero-order chi connectivity index (χ0) is 19.2. The van der Waals surface area contributed by atoms with Crippen LogP contribution in [-0.4, -0.2) is 26.4 Å². The Kier molecular flexibility index (Phi) is 6.03. The van der Waals surface area contributed by atoms with Gasteiger partial charge in [-0.1, -0.05) is 48.2 Å². The molecular formula is C20H19FN4OS. The van der Waals surface area contributed by atoms with Crippen LogP contribution in [0.15, 0.2) is 66.3 Å². The predicted octanol–water partition coefficient (Wildman–Crippen LogP) is 4.31. The minimum atomic E-state index is -0.371. The second-order valence-electron chi connectivity index (χ2n) is 5.84. The van der Waals surface area contributed by atoms with E-state index in [1.165, 1.54) is 17.8 Å². The fourth-order valence-electron chi connectivity index (χ4n) is 2.56. The van der Waals surface area contributed by atoms with E-state index in [-0.39, 0.29) is 17.5 Å². The quantitative estimate of drug-likeness (QED) is 0.489. The second kappa shape index (κ2) is 8.64. The van der Waals surface area contributed by atoms with Crippen molar-refractivity contribution in [2.75, 3.05) is 11.1 Å². The number of hydrogen-bond donors (Lipinski definition) is 1. The number of aromatic nitrogens is 3. The van der Waals surface area contributed by atoms with Gasteiger partial charge in [0.05, 0.1) is 11.3 Å². The highest BCUT2D eigenvalue weighted by atomic mass is 32.2. The third kappa shape index (κ3) is 4.43. The average Bonchev–Trinajstić information content (AvgIpc) is 3.05. The lowest BCUT2D eigenvalue weighted by atomic mass is 10.2. The first-order valence-electron chi connectivity index (χ1n) is 8.37. The number of anilines is 1. The van der Waals surface area contributed by atoms with Crippen LogP contribution in [0.1, 0.15) is 5.56 Å². The van der Waals surface area contributed by atoms with Crippen LogP contribution in [0, 0.1) is 12.7 Å². The summed E-state index contributed by atoms with van der Waals surface area (Å²) in [5.41, 5.74) is 2.14. The van der Waals surface area contributed by atoms with Gasteiger partial charge < -0.3 is 5.32 Å². The van der Waals surface area contributed by atoms with E-state index in [0.717, 1.165) is 11.3 Å². The summed E-state index contributed by atoms with van der Waals surface area (Å²) >= 11 is 1.25. The van der Waals surface area contributed by atoms with Gasteiger partial charge in [0.1, 0.15) is 5.82 Å². The maximum atomic E-state index is 14.1. The van der Waals surface area contributed by atoms with E-state index in [9.17, 15) is 9.18 Å². The number of amides is 1. The van der Waals surface area contributed by atoms with Crippen LogP contribution in [-0.2, 0) is 11.3 Å². The van der Waals surface area contributed by atoms with Crippen molar-refractivity contribution in [2.45, 2.75) is 18.6 Å². The molecule has 3 aromatic rings. The van der Waals surface area contributed by atoms with Crippen molar-refractivity contribution in [3.05, 3.63) is 72.6 Å². The molecule has 0 atom stereocenters. The van der Waals surface area contributed by atoms with E-state index >= 15 is 0 Å². The summed E-state index contributed by atoms with van der Waals surface area (Å²) in [4.78, 5) is 12.3. The molecule has 3 rings (SSSR count). The van der Waals surface area contributed by atoms with Crippen molar-refractivity contribution in [1.82, 2.24) is 14.8 Å². The molecule has 0 saturated heterocycles. The Labute approximate surface area is 161 Å². The number of rotatable bonds is 7. The van der Waals surface area contributed by atoms with Gasteiger partial charge in [0.25, 0.3) is 0 Å². The minimum Gasteiger partial charge on any atom is -0.325 e. The van der Waals surface area contributed by atoms with E-state index < -0.39 is 0 Å². The molecule has 0 bridgehead atoms. The van der Waals surface area contributed by atoms with Gasteiger partial charge in [-0.15, -0.1) is 16.8 Å². The molecule has 1 aromatic heterocycles. The van der Waals surface area contributed by atoms with Gasteiger partial charge in [-0.3, -0.25) is 9.36 Å². The monoisotopic (exact) mass is 382 g/mol. The molecule has 0 radical (unpaired) electrons. The zero-order valence-electron chi connectivity index (χ0n) is 14.9. The number of carbonyl (C=O) groups excluding carboxylic acids is 1. The summed E-state index contributed by atoms with van der Waals surface area (Å²) in [6.07, 6.45) is 1.69. The first-order valence-corrected chi connectivity index (χ1v) is 9.36. The van der Waals surface area contributed by atoms with E-state index in [2.05, 4.69) is 22.1 Å². The molecule has 7 heteroatoms. The van der Waals surface area contributed by atoms with E-state index in [1.807, 2.05) is 31.2 Å². The molecule has 0 saturated carbocycles. The molecule has 0 unspecified atom stereocenters. The summed E-state index contributed by atoms with van der Waals surface area (Å²) in [5, 5.41) is 11.7. The minimum absolute atomic E-state index is 0.144. The standard InChI is InChI=1S/C20H19FN4OS/c1-3-12-25-19(15-9-5-6-10-16(15)21)23-24-20(25)27-13-18(26)22-17-11-7-4-8-14(17)2/h3-11H,1,12-13H2,2H3,(H,22,26). The van der Waals surface area contributed by atoms with Gasteiger partial charge in [0.2, 0.25) is 5.91 Å². The van der Waals surface area contributed by atoms with Crippen LogP contribution in [0.4, 0.5) is 10.1 Å². The fourth-order valence-corrected chi connectivity index (χ4v) is 3.31. The van der Waals surface area contributed by atoms with Crippen molar-refractivity contribution in [2.24, 2.45) is 0 Å². The van der Waals surface area contributed by atoms with Gasteiger partial charge in [0, 0.05) is 12.2 Å². The summed E-state index contributed by atoms with van der Waals surface area (Å²) < 4.78 is 15.9. The van der Waals surface area contributed by atoms with Gasteiger partial charge in [0.15, 0.2) is 11.0 Å². The van der Waals surface area contributed by atoms with Gasteiger partial charge in [-0.05, 0) is 30.7 Å². The molecule has 0 aliphatic rings. The van der Waals surface area contributed by atoms with Gasteiger partial charge >= 0.3 is 0 Å². The molecule has 0 fully saturated rings. The Morgan fingerprint density at radius 1 is 1.22 bits per heavy atom. The van der Waals surface area contributed by atoms with E-state index in [4.69, 9.17) is 0 Å². The number of aryl methyl sites for hydroxylation is 1. The van der Waals surface area contributed by atoms with Crippen molar-refractivity contribution in [3.8, 4) is 11.4 Å². The average molecular weight is 382 g/mol. The first kappa shape index (κ1) is 18.8. The molecule has 0 aliphatic heterocycles. The zero-order valence-corrected chi connectivity index (χ0v) is 15.7. The molecule has 1 heterocycles. The lowest BCUT2D eigenvalue weighted by Crippen LogP contribution is -2.15. The molecule has 5 nitrogen and oxygen atoms in total. The molecule has 2 aromatic carbocycles. The number of nitrogens with zero attached hydrogens (tertiary/aromatic N) is 3. The maximum Gasteiger partial charge on any atom is 0.234 e. The van der Waals surface area contributed by atoms with Crippen molar-refractivity contribution < 1.29 is 9.18 Å². The number of hydrogen-bond acceptors (Lipinski definition) is 4. The maximum absolute atomic E-state index is 14.1. The molecule has 1 amide bonds. The lowest BCUT2D eigenvalue weighted by Gasteiger charge is -2.09. The normalized spacial score (nSPS) is 10.6. The Morgan fingerprint density at radius 3 is 2.70 bits per heavy atom. The summed E-state index contributed by atoms with van der Waals surface area (Å²) in [6, 6.07) is 14.0. The molecule has 138 valence electrons. The smallest absolute Gasteiger partial charge is 0.234 e. The Hall–Kier alpha value is -2.93. The summed E-state index contributed by atoms with van der Waals surface area (Å²) in [5.74, 6) is 0.0645. The topological polar surface area (TPSA) is 59.8 Å². The molecule has 27 heavy (non-hydrogen) atoms. The number of nitrogens with one attached hydrogen (secondary N) is 1. The van der Waals surface area contributed by atoms with Gasteiger partial charge in [-0.25, -0.2) is 4.39 Å². The number of halogens is 1. The first-order chi connectivity index (χ1) is 13.1. The van der Waals surface area contributed by atoms with Crippen LogP contribution in [0.3, 0.4) is 0 Å². The number of thioether (sulfide) groups is 1. The molecule has 1 N–H and O–H groups in total. The highest BCUT2D eigenvalue weighted by molar-refractivity contribution is 7.99. The van der Waals surface area contributed by atoms with Crippen LogP contribution < -0.4 is 5.32 Å². The van der Waals surface area contributed by atoms with E-state index in [0.29, 0.717) is 23.1 Å². The third-order valence-electron chi connectivity index (χ3n) is 3.89. The SMILES string of the molecule is C=CCn1c(SCC(=O)Nc2ccccc2C)nnc1-c1ccccc1F. The highest BCUT2D eigenvalue weighted by Crippen LogP contribution is 2.26. The highest BCUT2D eigenvalue weighted by Gasteiger charge is 2.17. The second-order valence-corrected chi connectivity index (χ2v) is 6.78. The Balaban J connectivity index is 1.75. The van der Waals surface area contributed by atoms with Crippen LogP contribution in [0.2, 0.25) is 0 Å². The number of carbonyl (C=O) groups is 1. The molecule has 0 aliphatic carbocycles. The van der Waals surface area contributed by atoms with Crippen molar-refractivity contribution in [1.29, 1.82) is 0 Å². The number of para-hydroxylation sites is 1. The summed E-state index contributed by atoms with van der Waals surface area (Å²) in [7, 11) is 0. The van der Waals surface area contributed by atoms with Crippen LogP contribution in [0.25, 0.3) is 11.4 Å². The van der Waals surface area contributed by atoms with Crippen LogP contribution in [0.5, 0.6) is 0 Å². The Bertz CT molecular complexity index is 970. The lowest BCUT2D eigenvalue weighted by molar-refractivity contribution is -0.113.